The molecule has 0 bridgehead atoms. The van der Waals surface area contributed by atoms with E-state index >= 15 is 0 Å². The van der Waals surface area contributed by atoms with Crippen molar-refractivity contribution in [2.24, 2.45) is 5.92 Å². The fraction of sp³-hybridized carbons (Fsp3) is 0.778. The third-order valence-electron chi connectivity index (χ3n) is 2.63. The molecule has 1 unspecified atom stereocenters. The van der Waals surface area contributed by atoms with Crippen LogP contribution in [0.5, 0.6) is 0 Å². The Hall–Kier alpha value is 1.19. The predicted octanol–water partition coefficient (Wildman–Crippen LogP) is -0.335. The second-order valence-electron chi connectivity index (χ2n) is 4.22. The van der Waals surface area contributed by atoms with Crippen LogP contribution in [-0.2, 0) is 0 Å². The molecule has 1 heterocycles. The molecule has 6 heteroatoms. The number of likely N-dealkylation sites (tertiary alicyclic amines) is 1. The van der Waals surface area contributed by atoms with Gasteiger partial charge in [0.25, 0.3) is 0 Å². The normalized spacial score (nSPS) is 23.3. The zero-order chi connectivity index (χ0) is 10.8. The van der Waals surface area contributed by atoms with Crippen LogP contribution >= 0.6 is 0 Å². The molecule has 0 aromatic carbocycles. The number of rotatable bonds is 3. The van der Waals surface area contributed by atoms with Crippen LogP contribution in [0.1, 0.15) is 19.8 Å². The van der Waals surface area contributed by atoms with Crippen molar-refractivity contribution in [3.8, 4) is 0 Å². The Morgan fingerprint density at radius 1 is 1.47 bits per heavy atom. The van der Waals surface area contributed by atoms with Gasteiger partial charge in [0.1, 0.15) is 0 Å². The average molecular weight is 245 g/mol. The second kappa shape index (κ2) is 6.81. The van der Waals surface area contributed by atoms with Gasteiger partial charge in [0, 0.05) is 6.54 Å². The van der Waals surface area contributed by atoms with E-state index in [0.29, 0.717) is 5.92 Å². The molecule has 1 aliphatic rings. The van der Waals surface area contributed by atoms with E-state index < -0.39 is 12.4 Å². The van der Waals surface area contributed by atoms with Crippen molar-refractivity contribution in [2.75, 3.05) is 19.6 Å². The maximum atomic E-state index is 12.2. The number of nitrogens with zero attached hydrogens (tertiary/aromatic N) is 1. The van der Waals surface area contributed by atoms with E-state index in [1.54, 1.807) is 0 Å². The Balaban J connectivity index is 0.00000196. The molecule has 1 saturated heterocycles. The van der Waals surface area contributed by atoms with Crippen molar-refractivity contribution in [2.45, 2.75) is 19.8 Å². The molecular formula is C9H16BF3KN. The van der Waals surface area contributed by atoms with Crippen molar-refractivity contribution >= 4 is 6.98 Å². The predicted molar refractivity (Wildman–Crippen MR) is 53.1 cm³/mol. The van der Waals surface area contributed by atoms with E-state index in [-0.39, 0.29) is 57.9 Å². The molecule has 0 aromatic rings. The average Bonchev–Trinajstić information content (AvgIpc) is 2.02. The summed E-state index contributed by atoms with van der Waals surface area (Å²) in [6.45, 7) is 1.87. The fourth-order valence-corrected chi connectivity index (χ4v) is 1.82. The zero-order valence-electron chi connectivity index (χ0n) is 9.48. The summed E-state index contributed by atoms with van der Waals surface area (Å²) in [5, 5.41) is 0. The van der Waals surface area contributed by atoms with Gasteiger partial charge in [-0.2, -0.15) is 0 Å². The van der Waals surface area contributed by atoms with Crippen LogP contribution in [0, 0.1) is 5.92 Å². The van der Waals surface area contributed by atoms with Crippen LogP contribution in [0.3, 0.4) is 0 Å². The third-order valence-corrected chi connectivity index (χ3v) is 2.63. The number of hydrogen-bond acceptors (Lipinski definition) is 1. The van der Waals surface area contributed by atoms with E-state index in [1.807, 2.05) is 4.90 Å². The smallest absolute Gasteiger partial charge is 0.445 e. The standard InChI is InChI=1S/C9H16BF3N.K/c1-8-4-3-5-14(6-8)7-9(2)10(11,12)13;/h8H,2-7H2,1H3;/q-1;+1. The van der Waals surface area contributed by atoms with Gasteiger partial charge in [-0.1, -0.05) is 6.92 Å². The molecule has 0 aromatic heterocycles. The van der Waals surface area contributed by atoms with E-state index in [0.717, 1.165) is 25.9 Å². The molecule has 0 radical (unpaired) electrons. The third kappa shape index (κ3) is 5.89. The minimum absolute atomic E-state index is 0. The topological polar surface area (TPSA) is 3.24 Å². The summed E-state index contributed by atoms with van der Waals surface area (Å²) in [4.78, 5) is 1.85. The molecule has 82 valence electrons. The first kappa shape index (κ1) is 16.2. The van der Waals surface area contributed by atoms with Gasteiger partial charge in [-0.25, -0.2) is 0 Å². The summed E-state index contributed by atoms with van der Waals surface area (Å²) in [6, 6.07) is 0. The Bertz CT molecular complexity index is 220. The first-order valence-corrected chi connectivity index (χ1v) is 4.99. The first-order chi connectivity index (χ1) is 6.39. The van der Waals surface area contributed by atoms with Gasteiger partial charge >= 0.3 is 58.4 Å². The Morgan fingerprint density at radius 3 is 2.53 bits per heavy atom. The summed E-state index contributed by atoms with van der Waals surface area (Å²) >= 11 is 0. The maximum absolute atomic E-state index is 12.2. The van der Waals surface area contributed by atoms with E-state index in [4.69, 9.17) is 0 Å². The van der Waals surface area contributed by atoms with Crippen LogP contribution in [0.15, 0.2) is 12.1 Å². The largest absolute Gasteiger partial charge is 1.00 e. The minimum Gasteiger partial charge on any atom is -0.445 e. The monoisotopic (exact) mass is 245 g/mol. The maximum Gasteiger partial charge on any atom is 1.00 e. The van der Waals surface area contributed by atoms with Gasteiger partial charge < -0.3 is 17.8 Å². The second-order valence-corrected chi connectivity index (χ2v) is 4.22. The minimum atomic E-state index is -4.85. The SMILES string of the molecule is C=C(CN1CCCC(C)C1)[B-](F)(F)F.[K+]. The number of piperidine rings is 1. The van der Waals surface area contributed by atoms with Crippen LogP contribution in [-0.4, -0.2) is 31.5 Å². The zero-order valence-corrected chi connectivity index (χ0v) is 12.6. The molecule has 1 fully saturated rings. The van der Waals surface area contributed by atoms with Gasteiger partial charge in [0.2, 0.25) is 0 Å². The van der Waals surface area contributed by atoms with Gasteiger partial charge in [-0.05, 0) is 31.8 Å². The van der Waals surface area contributed by atoms with Crippen molar-refractivity contribution in [1.82, 2.24) is 4.90 Å². The van der Waals surface area contributed by atoms with E-state index in [9.17, 15) is 12.9 Å². The molecule has 1 atom stereocenters. The molecule has 1 nitrogen and oxygen atoms in total. The van der Waals surface area contributed by atoms with Crippen LogP contribution in [0.2, 0.25) is 0 Å². The Morgan fingerprint density at radius 2 is 2.07 bits per heavy atom. The summed E-state index contributed by atoms with van der Waals surface area (Å²) in [5.74, 6) is 0.511. The van der Waals surface area contributed by atoms with Crippen LogP contribution in [0.4, 0.5) is 12.9 Å². The molecule has 1 rings (SSSR count). The molecule has 0 amide bonds. The van der Waals surface area contributed by atoms with Gasteiger partial charge in [0.15, 0.2) is 0 Å². The van der Waals surface area contributed by atoms with Crippen molar-refractivity contribution < 1.29 is 64.3 Å². The van der Waals surface area contributed by atoms with Gasteiger partial charge in [0.05, 0.1) is 0 Å². The van der Waals surface area contributed by atoms with E-state index in [2.05, 4.69) is 13.5 Å². The quantitative estimate of drug-likeness (QED) is 0.615. The molecule has 0 N–H and O–H groups in total. The molecule has 1 aliphatic heterocycles. The van der Waals surface area contributed by atoms with Crippen LogP contribution in [0.25, 0.3) is 0 Å². The fourth-order valence-electron chi connectivity index (χ4n) is 1.82. The summed E-state index contributed by atoms with van der Waals surface area (Å²) < 4.78 is 36.7. The Kier molecular flexibility index (Phi) is 7.35. The van der Waals surface area contributed by atoms with Gasteiger partial charge in [-0.15, -0.1) is 12.1 Å². The van der Waals surface area contributed by atoms with Crippen LogP contribution < -0.4 is 51.4 Å². The molecule has 0 aliphatic carbocycles. The Labute approximate surface area is 132 Å². The van der Waals surface area contributed by atoms with Crippen molar-refractivity contribution in [3.05, 3.63) is 12.1 Å². The summed E-state index contributed by atoms with van der Waals surface area (Å²) in [5.41, 5.74) is -0.570. The van der Waals surface area contributed by atoms with E-state index in [1.165, 1.54) is 0 Å². The summed E-state index contributed by atoms with van der Waals surface area (Å²) in [6.07, 6.45) is 2.12. The van der Waals surface area contributed by atoms with Crippen molar-refractivity contribution in [3.63, 3.8) is 0 Å². The number of halogens is 3. The molecule has 0 saturated carbocycles. The molecule has 0 spiro atoms. The molecule has 15 heavy (non-hydrogen) atoms. The van der Waals surface area contributed by atoms with Gasteiger partial charge in [-0.3, -0.25) is 0 Å². The summed E-state index contributed by atoms with van der Waals surface area (Å²) in [7, 11) is 0. The first-order valence-electron chi connectivity index (χ1n) is 4.99. The van der Waals surface area contributed by atoms with Crippen molar-refractivity contribution in [1.29, 1.82) is 0 Å². The molecular weight excluding hydrogens is 229 g/mol. The number of hydrogen-bond donors (Lipinski definition) is 0.